The number of nitro groups is 1. The highest BCUT2D eigenvalue weighted by molar-refractivity contribution is 5.98. The molecule has 0 radical (unpaired) electrons. The molecule has 0 spiro atoms. The minimum absolute atomic E-state index is 0.126. The molecule has 0 saturated carbocycles. The van der Waals surface area contributed by atoms with E-state index in [1.807, 2.05) is 17.0 Å². The number of pyridine rings is 1. The lowest BCUT2D eigenvalue weighted by molar-refractivity contribution is -0.384. The molecular formula is C25H31N7O4. The van der Waals surface area contributed by atoms with Gasteiger partial charge in [0, 0.05) is 43.7 Å². The van der Waals surface area contributed by atoms with Crippen LogP contribution in [-0.4, -0.2) is 50.7 Å². The summed E-state index contributed by atoms with van der Waals surface area (Å²) in [4.78, 5) is 27.2. The van der Waals surface area contributed by atoms with Gasteiger partial charge in [0.15, 0.2) is 0 Å². The fraction of sp³-hybridized carbons (Fsp3) is 0.360. The number of β-amino-alcohol motifs (C(OH)–C–C–N with tert-alkyl or cyclic N) is 1. The third-order valence-electron chi connectivity index (χ3n) is 6.23. The smallest absolute Gasteiger partial charge is 0.311 e. The van der Waals surface area contributed by atoms with E-state index in [0.717, 1.165) is 24.0 Å². The first kappa shape index (κ1) is 25.1. The highest BCUT2D eigenvalue weighted by Gasteiger charge is 2.28. The number of aliphatic hydroxyl groups is 1. The Kier molecular flexibility index (Phi) is 7.81. The number of aliphatic hydroxyl groups excluding tert-OH is 1. The first-order chi connectivity index (χ1) is 17.3. The number of nitrogens with two attached hydrogens (primary N) is 1. The maximum Gasteiger partial charge on any atom is 0.311 e. The molecule has 190 valence electrons. The predicted octanol–water partition coefficient (Wildman–Crippen LogP) is 2.77. The Balaban J connectivity index is 1.43. The van der Waals surface area contributed by atoms with Gasteiger partial charge in [-0.1, -0.05) is 31.2 Å². The molecular weight excluding hydrogens is 462 g/mol. The molecule has 2 atom stereocenters. The molecule has 1 saturated heterocycles. The van der Waals surface area contributed by atoms with Gasteiger partial charge in [-0.15, -0.1) is 0 Å². The number of nitrogens with one attached hydrogen (secondary N) is 3. The molecule has 1 aliphatic rings. The van der Waals surface area contributed by atoms with Crippen LogP contribution in [0.5, 0.6) is 0 Å². The van der Waals surface area contributed by atoms with Crippen molar-refractivity contribution in [2.45, 2.75) is 44.9 Å². The Hall–Kier alpha value is -3.96. The normalized spacial score (nSPS) is 17.2. The SMILES string of the molecule is CCc1ccc(-c2cn(CCCNc3ccc([N+](=O)[O-])c(N)n3)cc2NC(=O)C2CC(O)CN2)cc1. The topological polar surface area (TPSA) is 160 Å². The molecule has 11 nitrogen and oxygen atoms in total. The van der Waals surface area contributed by atoms with Crippen molar-refractivity contribution in [2.24, 2.45) is 0 Å². The monoisotopic (exact) mass is 493 g/mol. The van der Waals surface area contributed by atoms with Gasteiger partial charge in [-0.3, -0.25) is 14.9 Å². The minimum atomic E-state index is -0.563. The van der Waals surface area contributed by atoms with E-state index in [1.54, 1.807) is 0 Å². The third-order valence-corrected chi connectivity index (χ3v) is 6.23. The number of rotatable bonds is 10. The molecule has 3 heterocycles. The first-order valence-electron chi connectivity index (χ1n) is 12.0. The number of nitrogens with zero attached hydrogens (tertiary/aromatic N) is 3. The van der Waals surface area contributed by atoms with E-state index in [2.05, 4.69) is 52.1 Å². The summed E-state index contributed by atoms with van der Waals surface area (Å²) in [5, 5.41) is 29.9. The van der Waals surface area contributed by atoms with Crippen LogP contribution in [0.1, 0.15) is 25.3 Å². The maximum absolute atomic E-state index is 12.8. The molecule has 2 unspecified atom stereocenters. The molecule has 4 rings (SSSR count). The van der Waals surface area contributed by atoms with Crippen molar-refractivity contribution in [3.05, 3.63) is 64.5 Å². The van der Waals surface area contributed by atoms with Crippen molar-refractivity contribution < 1.29 is 14.8 Å². The average Bonchev–Trinajstić information content (AvgIpc) is 3.48. The van der Waals surface area contributed by atoms with Gasteiger partial charge in [0.1, 0.15) is 5.82 Å². The summed E-state index contributed by atoms with van der Waals surface area (Å²) < 4.78 is 2.02. The predicted molar refractivity (Wildman–Crippen MR) is 139 cm³/mol. The summed E-state index contributed by atoms with van der Waals surface area (Å²) in [5.41, 5.74) is 9.31. The molecule has 1 aliphatic heterocycles. The number of carbonyl (C=O) groups is 1. The third kappa shape index (κ3) is 5.99. The zero-order valence-electron chi connectivity index (χ0n) is 20.1. The number of benzene rings is 1. The van der Waals surface area contributed by atoms with Crippen LogP contribution in [-0.2, 0) is 17.8 Å². The summed E-state index contributed by atoms with van der Waals surface area (Å²) in [7, 11) is 0. The summed E-state index contributed by atoms with van der Waals surface area (Å²) in [5.74, 6) is 0.180. The Morgan fingerprint density at radius 3 is 2.69 bits per heavy atom. The summed E-state index contributed by atoms with van der Waals surface area (Å²) in [6.45, 7) is 3.77. The second-order valence-corrected chi connectivity index (χ2v) is 8.85. The van der Waals surface area contributed by atoms with Crippen molar-refractivity contribution in [2.75, 3.05) is 29.5 Å². The van der Waals surface area contributed by atoms with Gasteiger partial charge < -0.3 is 31.4 Å². The molecule has 0 bridgehead atoms. The van der Waals surface area contributed by atoms with Crippen molar-refractivity contribution in [3.63, 3.8) is 0 Å². The first-order valence-corrected chi connectivity index (χ1v) is 12.0. The van der Waals surface area contributed by atoms with Crippen molar-refractivity contribution >= 4 is 28.9 Å². The number of aryl methyl sites for hydroxylation is 2. The van der Waals surface area contributed by atoms with Gasteiger partial charge in [-0.25, -0.2) is 4.98 Å². The standard InChI is InChI=1S/C25H31N7O4/c1-2-16-4-6-17(7-5-16)19-14-31(15-21(19)29-25(34)20-12-18(33)13-28-20)11-3-10-27-23-9-8-22(32(35)36)24(26)30-23/h4-9,14-15,18,20,28,33H,2-3,10-13H2,1H3,(H,29,34)(H3,26,27,30). The van der Waals surface area contributed by atoms with Crippen LogP contribution >= 0.6 is 0 Å². The van der Waals surface area contributed by atoms with Gasteiger partial charge in [0.25, 0.3) is 0 Å². The zero-order chi connectivity index (χ0) is 25.7. The van der Waals surface area contributed by atoms with Crippen LogP contribution in [0.4, 0.5) is 23.0 Å². The van der Waals surface area contributed by atoms with Crippen molar-refractivity contribution in [3.8, 4) is 11.1 Å². The fourth-order valence-corrected chi connectivity index (χ4v) is 4.22. The lowest BCUT2D eigenvalue weighted by Gasteiger charge is -2.12. The highest BCUT2D eigenvalue weighted by Crippen LogP contribution is 2.30. The second kappa shape index (κ2) is 11.2. The second-order valence-electron chi connectivity index (χ2n) is 8.85. The lowest BCUT2D eigenvalue weighted by atomic mass is 10.0. The molecule has 2 aromatic heterocycles. The van der Waals surface area contributed by atoms with Gasteiger partial charge in [0.05, 0.1) is 22.8 Å². The molecule has 11 heteroatoms. The molecule has 1 amide bonds. The Bertz CT molecular complexity index is 1230. The largest absolute Gasteiger partial charge is 0.392 e. The van der Waals surface area contributed by atoms with E-state index < -0.39 is 17.1 Å². The Morgan fingerprint density at radius 1 is 1.28 bits per heavy atom. The van der Waals surface area contributed by atoms with Gasteiger partial charge in [-0.2, -0.15) is 0 Å². The maximum atomic E-state index is 12.8. The molecule has 3 aromatic rings. The molecule has 6 N–H and O–H groups in total. The van der Waals surface area contributed by atoms with Crippen LogP contribution in [0.15, 0.2) is 48.8 Å². The van der Waals surface area contributed by atoms with Crippen LogP contribution in [0.3, 0.4) is 0 Å². The van der Waals surface area contributed by atoms with E-state index in [0.29, 0.717) is 37.6 Å². The number of anilines is 3. The Morgan fingerprint density at radius 2 is 2.06 bits per heavy atom. The molecule has 1 aromatic carbocycles. The minimum Gasteiger partial charge on any atom is -0.392 e. The molecule has 1 fully saturated rings. The zero-order valence-corrected chi connectivity index (χ0v) is 20.1. The number of hydrogen-bond acceptors (Lipinski definition) is 8. The Labute approximate surface area is 208 Å². The molecule has 0 aliphatic carbocycles. The van der Waals surface area contributed by atoms with Gasteiger partial charge in [-0.05, 0) is 36.5 Å². The highest BCUT2D eigenvalue weighted by atomic mass is 16.6. The van der Waals surface area contributed by atoms with Crippen molar-refractivity contribution in [1.29, 1.82) is 0 Å². The average molecular weight is 494 g/mol. The van der Waals surface area contributed by atoms with E-state index in [1.165, 1.54) is 17.7 Å². The summed E-state index contributed by atoms with van der Waals surface area (Å²) in [6, 6.07) is 10.7. The number of nitrogen functional groups attached to an aromatic ring is 1. The van der Waals surface area contributed by atoms with Crippen LogP contribution in [0.2, 0.25) is 0 Å². The summed E-state index contributed by atoms with van der Waals surface area (Å²) in [6.07, 6.45) is 5.48. The fourth-order valence-electron chi connectivity index (χ4n) is 4.22. The van der Waals surface area contributed by atoms with E-state index in [-0.39, 0.29) is 17.4 Å². The van der Waals surface area contributed by atoms with E-state index in [4.69, 9.17) is 5.73 Å². The van der Waals surface area contributed by atoms with Gasteiger partial charge in [0.2, 0.25) is 11.7 Å². The van der Waals surface area contributed by atoms with Crippen molar-refractivity contribution in [1.82, 2.24) is 14.9 Å². The number of aromatic nitrogens is 2. The van der Waals surface area contributed by atoms with Gasteiger partial charge >= 0.3 is 5.69 Å². The van der Waals surface area contributed by atoms with E-state index >= 15 is 0 Å². The van der Waals surface area contributed by atoms with Crippen LogP contribution in [0, 0.1) is 10.1 Å². The number of amides is 1. The lowest BCUT2D eigenvalue weighted by Crippen LogP contribution is -2.35. The summed E-state index contributed by atoms with van der Waals surface area (Å²) >= 11 is 0. The number of carbonyl (C=O) groups excluding carboxylic acids is 1. The van der Waals surface area contributed by atoms with Crippen LogP contribution < -0.4 is 21.7 Å². The molecule has 36 heavy (non-hydrogen) atoms. The quantitative estimate of drug-likeness (QED) is 0.164. The van der Waals surface area contributed by atoms with E-state index in [9.17, 15) is 20.0 Å². The number of hydrogen-bond donors (Lipinski definition) is 5. The van der Waals surface area contributed by atoms with Crippen LogP contribution in [0.25, 0.3) is 11.1 Å².